The second-order valence-corrected chi connectivity index (χ2v) is 7.43. The molecule has 1 aromatic carbocycles. The number of rotatable bonds is 7. The number of ether oxygens (including phenoxy) is 2. The average Bonchev–Trinajstić information content (AvgIpc) is 2.63. The molecule has 2 N–H and O–H groups in total. The fraction of sp³-hybridized carbons (Fsp3) is 0.700. The van der Waals surface area contributed by atoms with Crippen LogP contribution in [0.4, 0.5) is 0 Å². The summed E-state index contributed by atoms with van der Waals surface area (Å²) in [4.78, 5) is 2.38. The molecule has 140 valence electrons. The molecule has 1 saturated heterocycles. The van der Waals surface area contributed by atoms with Gasteiger partial charge >= 0.3 is 0 Å². The first-order chi connectivity index (χ1) is 12.1. The van der Waals surface area contributed by atoms with E-state index in [-0.39, 0.29) is 17.6 Å². The van der Waals surface area contributed by atoms with Crippen LogP contribution in [-0.2, 0) is 6.54 Å². The van der Waals surface area contributed by atoms with Crippen molar-refractivity contribution < 1.29 is 19.7 Å². The molecule has 1 aromatic rings. The average molecular weight is 349 g/mol. The van der Waals surface area contributed by atoms with E-state index in [0.29, 0.717) is 13.0 Å². The Morgan fingerprint density at radius 3 is 2.52 bits per heavy atom. The fourth-order valence-electron chi connectivity index (χ4n) is 4.11. The van der Waals surface area contributed by atoms with Gasteiger partial charge in [0, 0.05) is 23.9 Å². The van der Waals surface area contributed by atoms with Gasteiger partial charge in [0.2, 0.25) is 0 Å². The SMILES string of the molecule is CCCCOc1c(CN2CCC3(CC2)[C@H](O)C[C@@H]3O)cccc1OC. The highest BCUT2D eigenvalue weighted by atomic mass is 16.5. The number of aliphatic hydroxyl groups excluding tert-OH is 2. The molecule has 3 rings (SSSR count). The van der Waals surface area contributed by atoms with Gasteiger partial charge in [0.05, 0.1) is 25.9 Å². The Morgan fingerprint density at radius 1 is 1.20 bits per heavy atom. The van der Waals surface area contributed by atoms with Crippen LogP contribution >= 0.6 is 0 Å². The van der Waals surface area contributed by atoms with E-state index >= 15 is 0 Å². The zero-order chi connectivity index (χ0) is 17.9. The minimum absolute atomic E-state index is 0.259. The van der Waals surface area contributed by atoms with E-state index in [1.807, 2.05) is 12.1 Å². The molecule has 25 heavy (non-hydrogen) atoms. The first-order valence-corrected chi connectivity index (χ1v) is 9.48. The number of hydrogen-bond acceptors (Lipinski definition) is 5. The summed E-state index contributed by atoms with van der Waals surface area (Å²) < 4.78 is 11.5. The largest absolute Gasteiger partial charge is 0.493 e. The normalized spacial score (nSPS) is 25.6. The number of unbranched alkanes of at least 4 members (excludes halogenated alkanes) is 1. The van der Waals surface area contributed by atoms with E-state index in [9.17, 15) is 10.2 Å². The molecule has 2 aliphatic rings. The molecule has 1 aliphatic carbocycles. The van der Waals surface area contributed by atoms with Crippen molar-refractivity contribution in [3.8, 4) is 11.5 Å². The second-order valence-electron chi connectivity index (χ2n) is 7.43. The zero-order valence-electron chi connectivity index (χ0n) is 15.4. The number of methoxy groups -OCH3 is 1. The van der Waals surface area contributed by atoms with E-state index in [1.54, 1.807) is 7.11 Å². The van der Waals surface area contributed by atoms with E-state index in [0.717, 1.165) is 62.4 Å². The van der Waals surface area contributed by atoms with E-state index in [1.165, 1.54) is 0 Å². The second kappa shape index (κ2) is 7.94. The monoisotopic (exact) mass is 349 g/mol. The number of benzene rings is 1. The van der Waals surface area contributed by atoms with Gasteiger partial charge in [-0.3, -0.25) is 4.90 Å². The number of hydrogen-bond donors (Lipinski definition) is 2. The predicted octanol–water partition coefficient (Wildman–Crippen LogP) is 2.58. The molecule has 1 heterocycles. The minimum atomic E-state index is -0.339. The number of piperidine rings is 1. The van der Waals surface area contributed by atoms with Crippen molar-refractivity contribution in [2.45, 2.75) is 57.8 Å². The van der Waals surface area contributed by atoms with Gasteiger partial charge in [0.25, 0.3) is 0 Å². The highest BCUT2D eigenvalue weighted by Crippen LogP contribution is 2.49. The van der Waals surface area contributed by atoms with Crippen LogP contribution in [0.5, 0.6) is 11.5 Å². The number of likely N-dealkylation sites (tertiary alicyclic amines) is 1. The summed E-state index contributed by atoms with van der Waals surface area (Å²) in [5.41, 5.74) is 0.881. The zero-order valence-corrected chi connectivity index (χ0v) is 15.4. The summed E-state index contributed by atoms with van der Waals surface area (Å²) in [5, 5.41) is 20.2. The van der Waals surface area contributed by atoms with Crippen LogP contribution in [0.3, 0.4) is 0 Å². The molecule has 0 radical (unpaired) electrons. The molecular weight excluding hydrogens is 318 g/mol. The van der Waals surface area contributed by atoms with Gasteiger partial charge in [-0.15, -0.1) is 0 Å². The van der Waals surface area contributed by atoms with Crippen molar-refractivity contribution >= 4 is 0 Å². The lowest BCUT2D eigenvalue weighted by Gasteiger charge is -2.55. The summed E-state index contributed by atoms with van der Waals surface area (Å²) in [6.07, 6.45) is 3.69. The Labute approximate surface area is 150 Å². The summed E-state index contributed by atoms with van der Waals surface area (Å²) in [6, 6.07) is 6.05. The molecule has 1 aliphatic heterocycles. The molecular formula is C20H31NO4. The Kier molecular flexibility index (Phi) is 5.87. The summed E-state index contributed by atoms with van der Waals surface area (Å²) in [7, 11) is 1.68. The van der Waals surface area contributed by atoms with Crippen molar-refractivity contribution in [3.05, 3.63) is 23.8 Å². The lowest BCUT2D eigenvalue weighted by molar-refractivity contribution is -0.190. The third-order valence-corrected chi connectivity index (χ3v) is 5.98. The Morgan fingerprint density at radius 2 is 1.92 bits per heavy atom. The van der Waals surface area contributed by atoms with Gasteiger partial charge in [-0.1, -0.05) is 25.5 Å². The van der Waals surface area contributed by atoms with Crippen LogP contribution in [0, 0.1) is 5.41 Å². The molecule has 2 fully saturated rings. The van der Waals surface area contributed by atoms with Crippen molar-refractivity contribution in [1.82, 2.24) is 4.90 Å². The van der Waals surface area contributed by atoms with Gasteiger partial charge in [-0.25, -0.2) is 0 Å². The van der Waals surface area contributed by atoms with Crippen LogP contribution in [0.2, 0.25) is 0 Å². The lowest BCUT2D eigenvalue weighted by atomic mass is 9.58. The molecule has 1 spiro atoms. The van der Waals surface area contributed by atoms with Crippen LogP contribution in [-0.4, -0.2) is 54.1 Å². The van der Waals surface area contributed by atoms with Crippen LogP contribution in [0.1, 0.15) is 44.6 Å². The van der Waals surface area contributed by atoms with Crippen LogP contribution < -0.4 is 9.47 Å². The van der Waals surface area contributed by atoms with Crippen molar-refractivity contribution in [3.63, 3.8) is 0 Å². The van der Waals surface area contributed by atoms with Crippen LogP contribution in [0.15, 0.2) is 18.2 Å². The summed E-state index contributed by atoms with van der Waals surface area (Å²) in [5.74, 6) is 1.63. The number of nitrogens with zero attached hydrogens (tertiary/aromatic N) is 1. The Hall–Kier alpha value is -1.30. The molecule has 0 aromatic heterocycles. The maximum Gasteiger partial charge on any atom is 0.165 e. The highest BCUT2D eigenvalue weighted by Gasteiger charge is 2.54. The van der Waals surface area contributed by atoms with E-state index in [2.05, 4.69) is 17.9 Å². The Balaban J connectivity index is 1.65. The third-order valence-electron chi connectivity index (χ3n) is 5.98. The maximum absolute atomic E-state index is 10.1. The van der Waals surface area contributed by atoms with Crippen molar-refractivity contribution in [2.24, 2.45) is 5.41 Å². The topological polar surface area (TPSA) is 62.2 Å². The van der Waals surface area contributed by atoms with Gasteiger partial charge in [-0.2, -0.15) is 0 Å². The van der Waals surface area contributed by atoms with Crippen molar-refractivity contribution in [1.29, 1.82) is 0 Å². The quantitative estimate of drug-likeness (QED) is 0.741. The molecule has 0 bridgehead atoms. The highest BCUT2D eigenvalue weighted by molar-refractivity contribution is 5.46. The van der Waals surface area contributed by atoms with E-state index < -0.39 is 0 Å². The molecule has 1 saturated carbocycles. The number of aliphatic hydroxyl groups is 2. The van der Waals surface area contributed by atoms with Gasteiger partial charge in [0.15, 0.2) is 11.5 Å². The smallest absolute Gasteiger partial charge is 0.165 e. The molecule has 0 unspecified atom stereocenters. The summed E-state index contributed by atoms with van der Waals surface area (Å²) in [6.45, 7) is 5.44. The maximum atomic E-state index is 10.1. The molecule has 5 heteroatoms. The van der Waals surface area contributed by atoms with Crippen molar-refractivity contribution in [2.75, 3.05) is 26.8 Å². The van der Waals surface area contributed by atoms with Gasteiger partial charge in [-0.05, 0) is 38.4 Å². The first-order valence-electron chi connectivity index (χ1n) is 9.48. The molecule has 0 amide bonds. The standard InChI is InChI=1S/C20H31NO4/c1-3-4-12-25-19-15(6-5-7-16(19)24-2)14-21-10-8-20(9-11-21)17(22)13-18(20)23/h5-7,17-18,22-23H,3-4,8-14H2,1-2H3/t17-,18+. The Bertz CT molecular complexity index is 559. The third kappa shape index (κ3) is 3.64. The molecule has 2 atom stereocenters. The minimum Gasteiger partial charge on any atom is -0.493 e. The first kappa shape index (κ1) is 18.5. The summed E-state index contributed by atoms with van der Waals surface area (Å²) >= 11 is 0. The predicted molar refractivity (Wildman–Crippen MR) is 97.0 cm³/mol. The fourth-order valence-corrected chi connectivity index (χ4v) is 4.11. The van der Waals surface area contributed by atoms with Crippen LogP contribution in [0.25, 0.3) is 0 Å². The lowest BCUT2D eigenvalue weighted by Crippen LogP contribution is -2.61. The van der Waals surface area contributed by atoms with Gasteiger partial charge < -0.3 is 19.7 Å². The van der Waals surface area contributed by atoms with Gasteiger partial charge in [0.1, 0.15) is 0 Å². The molecule has 5 nitrogen and oxygen atoms in total. The van der Waals surface area contributed by atoms with E-state index in [4.69, 9.17) is 9.47 Å². The number of para-hydroxylation sites is 1.